The van der Waals surface area contributed by atoms with Gasteiger partial charge in [0.05, 0.1) is 0 Å². The summed E-state index contributed by atoms with van der Waals surface area (Å²) >= 11 is 0. The van der Waals surface area contributed by atoms with Gasteiger partial charge in [-0.3, -0.25) is 0 Å². The lowest BCUT2D eigenvalue weighted by molar-refractivity contribution is 0.502. The number of benzene rings is 1. The second kappa shape index (κ2) is 5.15. The van der Waals surface area contributed by atoms with Crippen LogP contribution in [0.1, 0.15) is 30.0 Å². The molecular weight excluding hydrogens is 238 g/mol. The molecule has 3 rings (SSSR count). The lowest BCUT2D eigenvalue weighted by atomic mass is 10.1. The van der Waals surface area contributed by atoms with Gasteiger partial charge in [0.2, 0.25) is 17.5 Å². The molecule has 0 N–H and O–H groups in total. The average Bonchev–Trinajstić information content (AvgIpc) is 3.08. The van der Waals surface area contributed by atoms with Crippen LogP contribution in [0.2, 0.25) is 0 Å². The van der Waals surface area contributed by atoms with Crippen LogP contribution in [0, 0.1) is 11.3 Å². The SMILES string of the molecule is N#Cc1nc(Cc2ccccc2)oc1N1CCCC1. The summed E-state index contributed by atoms with van der Waals surface area (Å²) in [6.45, 7) is 1.91. The summed E-state index contributed by atoms with van der Waals surface area (Å²) in [6, 6.07) is 12.2. The summed E-state index contributed by atoms with van der Waals surface area (Å²) in [5, 5.41) is 9.16. The monoisotopic (exact) mass is 253 g/mol. The molecule has 1 saturated heterocycles. The highest BCUT2D eigenvalue weighted by atomic mass is 16.4. The lowest BCUT2D eigenvalue weighted by Gasteiger charge is -2.12. The number of nitriles is 1. The van der Waals surface area contributed by atoms with Gasteiger partial charge in [-0.2, -0.15) is 5.26 Å². The first kappa shape index (κ1) is 11.8. The largest absolute Gasteiger partial charge is 0.423 e. The van der Waals surface area contributed by atoms with Gasteiger partial charge in [-0.1, -0.05) is 30.3 Å². The molecule has 0 unspecified atom stereocenters. The number of hydrogen-bond acceptors (Lipinski definition) is 4. The van der Waals surface area contributed by atoms with Crippen LogP contribution in [0.3, 0.4) is 0 Å². The van der Waals surface area contributed by atoms with E-state index in [4.69, 9.17) is 9.68 Å². The van der Waals surface area contributed by atoms with Gasteiger partial charge in [0.1, 0.15) is 6.07 Å². The zero-order valence-corrected chi connectivity index (χ0v) is 10.7. The van der Waals surface area contributed by atoms with Crippen LogP contribution in [0.4, 0.5) is 5.88 Å². The second-order valence-electron chi connectivity index (χ2n) is 4.73. The van der Waals surface area contributed by atoms with Gasteiger partial charge in [-0.05, 0) is 18.4 Å². The third-order valence-electron chi connectivity index (χ3n) is 3.35. The van der Waals surface area contributed by atoms with Crippen molar-refractivity contribution in [3.8, 4) is 6.07 Å². The van der Waals surface area contributed by atoms with Gasteiger partial charge < -0.3 is 9.32 Å². The molecule has 1 aliphatic heterocycles. The van der Waals surface area contributed by atoms with Crippen molar-refractivity contribution in [2.45, 2.75) is 19.3 Å². The number of oxazole rings is 1. The van der Waals surface area contributed by atoms with Gasteiger partial charge in [0.15, 0.2) is 0 Å². The van der Waals surface area contributed by atoms with Crippen LogP contribution >= 0.6 is 0 Å². The standard InChI is InChI=1S/C15H15N3O/c16-11-13-15(18-8-4-5-9-18)19-14(17-13)10-12-6-2-1-3-7-12/h1-3,6-7H,4-5,8-10H2. The van der Waals surface area contributed by atoms with Crippen LogP contribution in [-0.4, -0.2) is 18.1 Å². The Hall–Kier alpha value is -2.28. The summed E-state index contributed by atoms with van der Waals surface area (Å²) in [5.74, 6) is 1.26. The predicted octanol–water partition coefficient (Wildman–Crippen LogP) is 2.74. The Kier molecular flexibility index (Phi) is 3.20. The molecule has 0 spiro atoms. The van der Waals surface area contributed by atoms with Crippen molar-refractivity contribution in [2.75, 3.05) is 18.0 Å². The van der Waals surface area contributed by atoms with E-state index in [1.54, 1.807) is 0 Å². The molecule has 0 bridgehead atoms. The van der Waals surface area contributed by atoms with Crippen molar-refractivity contribution in [3.63, 3.8) is 0 Å². The quantitative estimate of drug-likeness (QED) is 0.844. The molecule has 0 aliphatic carbocycles. The third-order valence-corrected chi connectivity index (χ3v) is 3.35. The van der Waals surface area contributed by atoms with E-state index < -0.39 is 0 Å². The Bertz CT molecular complexity index is 592. The summed E-state index contributed by atoms with van der Waals surface area (Å²) in [6.07, 6.45) is 2.93. The van der Waals surface area contributed by atoms with Crippen LogP contribution < -0.4 is 4.90 Å². The number of hydrogen-bond donors (Lipinski definition) is 0. The van der Waals surface area contributed by atoms with Crippen molar-refractivity contribution < 1.29 is 4.42 Å². The highest BCUT2D eigenvalue weighted by molar-refractivity contribution is 5.48. The van der Waals surface area contributed by atoms with Gasteiger partial charge in [0, 0.05) is 19.5 Å². The van der Waals surface area contributed by atoms with E-state index in [1.807, 2.05) is 30.3 Å². The van der Waals surface area contributed by atoms with Crippen LogP contribution in [0.25, 0.3) is 0 Å². The maximum absolute atomic E-state index is 9.16. The van der Waals surface area contributed by atoms with Crippen molar-refractivity contribution in [2.24, 2.45) is 0 Å². The molecule has 0 radical (unpaired) electrons. The maximum Gasteiger partial charge on any atom is 0.234 e. The van der Waals surface area contributed by atoms with E-state index in [2.05, 4.69) is 16.0 Å². The number of nitrogens with zero attached hydrogens (tertiary/aromatic N) is 3. The molecular formula is C15H15N3O. The van der Waals surface area contributed by atoms with Gasteiger partial charge >= 0.3 is 0 Å². The molecule has 2 aromatic rings. The van der Waals surface area contributed by atoms with E-state index in [0.29, 0.717) is 23.9 Å². The summed E-state index contributed by atoms with van der Waals surface area (Å²) in [4.78, 5) is 6.41. The van der Waals surface area contributed by atoms with Crippen molar-refractivity contribution in [3.05, 3.63) is 47.5 Å². The molecule has 0 atom stereocenters. The van der Waals surface area contributed by atoms with Crippen LogP contribution in [0.5, 0.6) is 0 Å². The first-order valence-corrected chi connectivity index (χ1v) is 6.55. The van der Waals surface area contributed by atoms with E-state index >= 15 is 0 Å². The number of anilines is 1. The Morgan fingerprint density at radius 1 is 1.21 bits per heavy atom. The fourth-order valence-electron chi connectivity index (χ4n) is 2.41. The van der Waals surface area contributed by atoms with Crippen molar-refractivity contribution in [1.29, 1.82) is 5.26 Å². The zero-order chi connectivity index (χ0) is 13.1. The molecule has 0 amide bonds. The minimum absolute atomic E-state index is 0.410. The Morgan fingerprint density at radius 2 is 1.95 bits per heavy atom. The highest BCUT2D eigenvalue weighted by Gasteiger charge is 2.22. The first-order valence-electron chi connectivity index (χ1n) is 6.55. The minimum Gasteiger partial charge on any atom is -0.423 e. The lowest BCUT2D eigenvalue weighted by Crippen LogP contribution is -2.17. The summed E-state index contributed by atoms with van der Waals surface area (Å²) in [5.41, 5.74) is 1.55. The third kappa shape index (κ3) is 2.45. The predicted molar refractivity (Wildman–Crippen MR) is 71.9 cm³/mol. The van der Waals surface area contributed by atoms with Crippen molar-refractivity contribution in [1.82, 2.24) is 4.98 Å². The van der Waals surface area contributed by atoms with Crippen LogP contribution in [0.15, 0.2) is 34.7 Å². The Balaban J connectivity index is 1.85. The fraction of sp³-hybridized carbons (Fsp3) is 0.333. The topological polar surface area (TPSA) is 53.1 Å². The molecule has 1 aromatic carbocycles. The molecule has 1 fully saturated rings. The summed E-state index contributed by atoms with van der Waals surface area (Å²) in [7, 11) is 0. The van der Waals surface area contributed by atoms with Gasteiger partial charge in [-0.15, -0.1) is 0 Å². The zero-order valence-electron chi connectivity index (χ0n) is 10.7. The molecule has 96 valence electrons. The molecule has 4 heteroatoms. The molecule has 19 heavy (non-hydrogen) atoms. The van der Waals surface area contributed by atoms with E-state index in [0.717, 1.165) is 31.5 Å². The van der Waals surface area contributed by atoms with E-state index in [1.165, 1.54) is 0 Å². The van der Waals surface area contributed by atoms with Crippen LogP contribution in [-0.2, 0) is 6.42 Å². The fourth-order valence-corrected chi connectivity index (χ4v) is 2.41. The smallest absolute Gasteiger partial charge is 0.234 e. The molecule has 0 saturated carbocycles. The van der Waals surface area contributed by atoms with Gasteiger partial charge in [-0.25, -0.2) is 4.98 Å². The molecule has 4 nitrogen and oxygen atoms in total. The first-order chi connectivity index (χ1) is 9.36. The molecule has 1 aromatic heterocycles. The van der Waals surface area contributed by atoms with E-state index in [9.17, 15) is 0 Å². The Labute approximate surface area is 112 Å². The minimum atomic E-state index is 0.410. The van der Waals surface area contributed by atoms with Crippen molar-refractivity contribution >= 4 is 5.88 Å². The van der Waals surface area contributed by atoms with E-state index in [-0.39, 0.29) is 0 Å². The normalized spacial score (nSPS) is 14.6. The maximum atomic E-state index is 9.16. The Morgan fingerprint density at radius 3 is 2.63 bits per heavy atom. The number of aromatic nitrogens is 1. The second-order valence-corrected chi connectivity index (χ2v) is 4.73. The summed E-state index contributed by atoms with van der Waals surface area (Å²) < 4.78 is 5.79. The molecule has 1 aliphatic rings. The number of rotatable bonds is 3. The average molecular weight is 253 g/mol. The van der Waals surface area contributed by atoms with Gasteiger partial charge in [0.25, 0.3) is 0 Å². The molecule has 2 heterocycles. The highest BCUT2D eigenvalue weighted by Crippen LogP contribution is 2.26.